The zero-order valence-electron chi connectivity index (χ0n) is 13.3. The highest BCUT2D eigenvalue weighted by Gasteiger charge is 2.30. The van der Waals surface area contributed by atoms with E-state index in [2.05, 4.69) is 24.4 Å². The van der Waals surface area contributed by atoms with Crippen molar-refractivity contribution in [2.75, 3.05) is 13.7 Å². The highest BCUT2D eigenvalue weighted by molar-refractivity contribution is 6.31. The fraction of sp³-hybridized carbons (Fsp3) is 0.667. The molecule has 2 rings (SSSR count). The molecule has 0 spiro atoms. The van der Waals surface area contributed by atoms with E-state index in [1.165, 1.54) is 37.7 Å². The fourth-order valence-electron chi connectivity index (χ4n) is 3.52. The van der Waals surface area contributed by atoms with Crippen LogP contribution in [0.1, 0.15) is 44.6 Å². The molecule has 1 aromatic rings. The van der Waals surface area contributed by atoms with E-state index in [4.69, 9.17) is 16.3 Å². The monoisotopic (exact) mass is 309 g/mol. The SMILES string of the molecule is CCOC(C1CCCCC1)C(Cc1ccccc1Cl)NC. The average molecular weight is 310 g/mol. The van der Waals surface area contributed by atoms with Crippen LogP contribution in [0.25, 0.3) is 0 Å². The van der Waals surface area contributed by atoms with Gasteiger partial charge in [-0.3, -0.25) is 0 Å². The first-order valence-electron chi connectivity index (χ1n) is 8.28. The number of halogens is 1. The molecule has 1 saturated carbocycles. The summed E-state index contributed by atoms with van der Waals surface area (Å²) in [4.78, 5) is 0. The minimum absolute atomic E-state index is 0.288. The average Bonchev–Trinajstić information content (AvgIpc) is 2.53. The van der Waals surface area contributed by atoms with Crippen molar-refractivity contribution in [3.63, 3.8) is 0 Å². The van der Waals surface area contributed by atoms with Crippen molar-refractivity contribution >= 4 is 11.6 Å². The maximum atomic E-state index is 6.32. The van der Waals surface area contributed by atoms with Gasteiger partial charge in [-0.05, 0) is 50.8 Å². The molecule has 1 aliphatic rings. The quantitative estimate of drug-likeness (QED) is 0.803. The molecule has 2 nitrogen and oxygen atoms in total. The van der Waals surface area contributed by atoms with Gasteiger partial charge in [0.25, 0.3) is 0 Å². The molecule has 3 heteroatoms. The molecule has 1 fully saturated rings. The van der Waals surface area contributed by atoms with Crippen LogP contribution in [0.5, 0.6) is 0 Å². The highest BCUT2D eigenvalue weighted by atomic mass is 35.5. The van der Waals surface area contributed by atoms with Gasteiger partial charge < -0.3 is 10.1 Å². The number of rotatable bonds is 7. The van der Waals surface area contributed by atoms with E-state index >= 15 is 0 Å². The largest absolute Gasteiger partial charge is 0.377 e. The summed E-state index contributed by atoms with van der Waals surface area (Å²) in [6, 6.07) is 8.47. The zero-order chi connectivity index (χ0) is 15.1. The normalized spacial score (nSPS) is 19.4. The number of benzene rings is 1. The smallest absolute Gasteiger partial charge is 0.0759 e. The van der Waals surface area contributed by atoms with Crippen molar-refractivity contribution < 1.29 is 4.74 Å². The van der Waals surface area contributed by atoms with Crippen LogP contribution in [0.2, 0.25) is 5.02 Å². The Morgan fingerprint density at radius 1 is 1.24 bits per heavy atom. The van der Waals surface area contributed by atoms with Crippen molar-refractivity contribution in [2.45, 2.75) is 57.6 Å². The van der Waals surface area contributed by atoms with Crippen molar-refractivity contribution in [3.8, 4) is 0 Å². The lowest BCUT2D eigenvalue weighted by Gasteiger charge is -2.35. The van der Waals surface area contributed by atoms with Crippen LogP contribution in [0.3, 0.4) is 0 Å². The predicted molar refractivity (Wildman–Crippen MR) is 90.0 cm³/mol. The summed E-state index contributed by atoms with van der Waals surface area (Å²) in [6.45, 7) is 2.87. The maximum Gasteiger partial charge on any atom is 0.0759 e. The summed E-state index contributed by atoms with van der Waals surface area (Å²) < 4.78 is 6.14. The number of likely N-dealkylation sites (N-methyl/N-ethyl adjacent to an activating group) is 1. The Bertz CT molecular complexity index is 417. The maximum absolute atomic E-state index is 6.32. The van der Waals surface area contributed by atoms with Crippen LogP contribution >= 0.6 is 11.6 Å². The molecular formula is C18H28ClNO. The number of nitrogens with one attached hydrogen (secondary N) is 1. The molecule has 118 valence electrons. The Morgan fingerprint density at radius 2 is 1.95 bits per heavy atom. The van der Waals surface area contributed by atoms with E-state index < -0.39 is 0 Å². The van der Waals surface area contributed by atoms with Gasteiger partial charge in [0.2, 0.25) is 0 Å². The van der Waals surface area contributed by atoms with Crippen LogP contribution < -0.4 is 5.32 Å². The molecule has 1 N–H and O–H groups in total. The summed E-state index contributed by atoms with van der Waals surface area (Å²) >= 11 is 6.32. The van der Waals surface area contributed by atoms with Gasteiger partial charge in [-0.1, -0.05) is 49.1 Å². The molecule has 0 radical (unpaired) electrons. The third kappa shape index (κ3) is 4.70. The number of hydrogen-bond acceptors (Lipinski definition) is 2. The van der Waals surface area contributed by atoms with Gasteiger partial charge in [0.15, 0.2) is 0 Å². The summed E-state index contributed by atoms with van der Waals surface area (Å²) in [5.41, 5.74) is 1.21. The molecule has 0 saturated heterocycles. The Kier molecular flexibility index (Phi) is 7.01. The van der Waals surface area contributed by atoms with Gasteiger partial charge in [0.1, 0.15) is 0 Å². The lowest BCUT2D eigenvalue weighted by atomic mass is 9.81. The molecule has 21 heavy (non-hydrogen) atoms. The zero-order valence-corrected chi connectivity index (χ0v) is 14.0. The fourth-order valence-corrected chi connectivity index (χ4v) is 3.73. The van der Waals surface area contributed by atoms with Crippen LogP contribution in [-0.2, 0) is 11.2 Å². The lowest BCUT2D eigenvalue weighted by Crippen LogP contribution is -2.46. The Hall–Kier alpha value is -0.570. The van der Waals surface area contributed by atoms with E-state index in [1.807, 2.05) is 19.2 Å². The molecule has 1 aliphatic carbocycles. The third-order valence-corrected chi connectivity index (χ3v) is 5.01. The van der Waals surface area contributed by atoms with Crippen molar-refractivity contribution in [1.82, 2.24) is 5.32 Å². The van der Waals surface area contributed by atoms with Gasteiger partial charge in [-0.25, -0.2) is 0 Å². The molecule has 0 heterocycles. The molecule has 0 aromatic heterocycles. The Balaban J connectivity index is 2.09. The van der Waals surface area contributed by atoms with E-state index in [1.54, 1.807) is 0 Å². The van der Waals surface area contributed by atoms with Gasteiger partial charge in [0.05, 0.1) is 6.10 Å². The first-order chi connectivity index (χ1) is 10.3. The molecule has 1 aromatic carbocycles. The van der Waals surface area contributed by atoms with Gasteiger partial charge >= 0.3 is 0 Å². The van der Waals surface area contributed by atoms with Crippen LogP contribution in [0.15, 0.2) is 24.3 Å². The molecule has 2 atom stereocenters. The highest BCUT2D eigenvalue weighted by Crippen LogP contribution is 2.31. The van der Waals surface area contributed by atoms with E-state index in [-0.39, 0.29) is 6.10 Å². The predicted octanol–water partition coefficient (Wildman–Crippen LogP) is 4.46. The van der Waals surface area contributed by atoms with E-state index in [0.717, 1.165) is 18.1 Å². The minimum atomic E-state index is 0.288. The van der Waals surface area contributed by atoms with E-state index in [0.29, 0.717) is 12.0 Å². The van der Waals surface area contributed by atoms with Gasteiger partial charge in [-0.2, -0.15) is 0 Å². The molecule has 0 aliphatic heterocycles. The summed E-state index contributed by atoms with van der Waals surface area (Å²) in [5.74, 6) is 0.679. The second-order valence-corrected chi connectivity index (χ2v) is 6.42. The van der Waals surface area contributed by atoms with E-state index in [9.17, 15) is 0 Å². The summed E-state index contributed by atoms with van der Waals surface area (Å²) in [5, 5.41) is 4.33. The van der Waals surface area contributed by atoms with Crippen molar-refractivity contribution in [1.29, 1.82) is 0 Å². The second kappa shape index (κ2) is 8.77. The first kappa shape index (κ1) is 16.8. The van der Waals surface area contributed by atoms with Gasteiger partial charge in [0, 0.05) is 17.7 Å². The van der Waals surface area contributed by atoms with Crippen LogP contribution in [0.4, 0.5) is 0 Å². The summed E-state index contributed by atoms with van der Waals surface area (Å²) in [6.07, 6.45) is 7.88. The number of hydrogen-bond donors (Lipinski definition) is 1. The Morgan fingerprint density at radius 3 is 2.57 bits per heavy atom. The minimum Gasteiger partial charge on any atom is -0.377 e. The molecule has 0 bridgehead atoms. The Labute approximate surface area is 134 Å². The molecular weight excluding hydrogens is 282 g/mol. The van der Waals surface area contributed by atoms with Gasteiger partial charge in [-0.15, -0.1) is 0 Å². The van der Waals surface area contributed by atoms with Crippen molar-refractivity contribution in [2.24, 2.45) is 5.92 Å². The molecule has 2 unspecified atom stereocenters. The standard InChI is InChI=1S/C18H28ClNO/c1-3-21-18(14-9-5-4-6-10-14)17(20-2)13-15-11-7-8-12-16(15)19/h7-8,11-12,14,17-18,20H,3-6,9-10,13H2,1-2H3. The first-order valence-corrected chi connectivity index (χ1v) is 8.66. The third-order valence-electron chi connectivity index (χ3n) is 4.64. The summed E-state index contributed by atoms with van der Waals surface area (Å²) in [7, 11) is 2.04. The number of ether oxygens (including phenoxy) is 1. The van der Waals surface area contributed by atoms with Crippen LogP contribution in [-0.4, -0.2) is 25.8 Å². The lowest BCUT2D eigenvalue weighted by molar-refractivity contribution is -0.0159. The second-order valence-electron chi connectivity index (χ2n) is 6.01. The van der Waals surface area contributed by atoms with Crippen molar-refractivity contribution in [3.05, 3.63) is 34.9 Å². The molecule has 0 amide bonds. The van der Waals surface area contributed by atoms with Crippen LogP contribution in [0, 0.1) is 5.92 Å². The topological polar surface area (TPSA) is 21.3 Å².